The molecule has 4 nitrogen and oxygen atoms in total. The smallest absolute Gasteiger partial charge is 0.139 e. The molecule has 0 fully saturated rings. The molecule has 1 N–H and O–H groups in total. The monoisotopic (exact) mass is 327 g/mol. The Labute approximate surface area is 140 Å². The number of aryl methyl sites for hydroxylation is 3. The molecule has 0 spiro atoms. The van der Waals surface area contributed by atoms with E-state index in [9.17, 15) is 0 Å². The summed E-state index contributed by atoms with van der Waals surface area (Å²) in [5.74, 6) is 2.68. The van der Waals surface area contributed by atoms with Crippen molar-refractivity contribution < 1.29 is 4.74 Å². The number of nitrogens with one attached hydrogen (secondary N) is 1. The Morgan fingerprint density at radius 3 is 2.70 bits per heavy atom. The largest absolute Gasteiger partial charge is 0.496 e. The number of benzene rings is 1. The number of anilines is 1. The number of hydrogen-bond donors (Lipinski definition) is 1. The molecule has 0 saturated carbocycles. The van der Waals surface area contributed by atoms with Crippen LogP contribution in [0.2, 0.25) is 0 Å². The minimum absolute atomic E-state index is 0.674. The standard InChI is InChI=1S/C18H21N3OS/c1-5-15-20-17(16-11(2)12(3)23-18(16)21-15)19-10-13-8-6-7-9-14(13)22-4/h6-9H,5,10H2,1-4H3,(H,19,20,21). The first-order valence-electron chi connectivity index (χ1n) is 7.76. The highest BCUT2D eigenvalue weighted by Gasteiger charge is 2.14. The zero-order chi connectivity index (χ0) is 16.4. The molecule has 0 aliphatic rings. The van der Waals surface area contributed by atoms with Crippen molar-refractivity contribution in [1.82, 2.24) is 9.97 Å². The molecule has 0 bridgehead atoms. The van der Waals surface area contributed by atoms with Gasteiger partial charge in [0.05, 0.1) is 12.5 Å². The van der Waals surface area contributed by atoms with Gasteiger partial charge in [0.1, 0.15) is 22.2 Å². The van der Waals surface area contributed by atoms with Crippen molar-refractivity contribution in [2.24, 2.45) is 0 Å². The predicted octanol–water partition coefficient (Wildman–Crippen LogP) is 4.49. The van der Waals surface area contributed by atoms with Crippen molar-refractivity contribution in [3.05, 3.63) is 46.1 Å². The number of thiophene rings is 1. The first kappa shape index (κ1) is 15.7. The van der Waals surface area contributed by atoms with Crippen LogP contribution in [0.1, 0.15) is 28.8 Å². The van der Waals surface area contributed by atoms with Gasteiger partial charge in [0.2, 0.25) is 0 Å². The lowest BCUT2D eigenvalue weighted by Gasteiger charge is -2.12. The van der Waals surface area contributed by atoms with E-state index >= 15 is 0 Å². The topological polar surface area (TPSA) is 47.0 Å². The van der Waals surface area contributed by atoms with Crippen LogP contribution in [-0.4, -0.2) is 17.1 Å². The molecular weight excluding hydrogens is 306 g/mol. The summed E-state index contributed by atoms with van der Waals surface area (Å²) >= 11 is 1.74. The summed E-state index contributed by atoms with van der Waals surface area (Å²) in [6.07, 6.45) is 0.829. The molecule has 0 radical (unpaired) electrons. The third-order valence-corrected chi connectivity index (χ3v) is 5.13. The van der Waals surface area contributed by atoms with Crippen LogP contribution >= 0.6 is 11.3 Å². The lowest BCUT2D eigenvalue weighted by molar-refractivity contribution is 0.410. The second-order valence-corrected chi connectivity index (χ2v) is 6.67. The van der Waals surface area contributed by atoms with Crippen molar-refractivity contribution >= 4 is 27.4 Å². The van der Waals surface area contributed by atoms with Gasteiger partial charge in [0.25, 0.3) is 0 Å². The average molecular weight is 327 g/mol. The Hall–Kier alpha value is -2.14. The molecule has 23 heavy (non-hydrogen) atoms. The van der Waals surface area contributed by atoms with Gasteiger partial charge in [-0.25, -0.2) is 9.97 Å². The van der Waals surface area contributed by atoms with E-state index in [1.165, 1.54) is 10.4 Å². The van der Waals surface area contributed by atoms with Crippen molar-refractivity contribution in [3.63, 3.8) is 0 Å². The Balaban J connectivity index is 1.98. The molecule has 0 unspecified atom stereocenters. The van der Waals surface area contributed by atoms with Gasteiger partial charge in [-0.1, -0.05) is 25.1 Å². The fourth-order valence-corrected chi connectivity index (χ4v) is 3.66. The molecule has 120 valence electrons. The van der Waals surface area contributed by atoms with Gasteiger partial charge in [0.15, 0.2) is 0 Å². The highest BCUT2D eigenvalue weighted by atomic mass is 32.1. The highest BCUT2D eigenvalue weighted by Crippen LogP contribution is 2.33. The Kier molecular flexibility index (Phi) is 4.48. The second-order valence-electron chi connectivity index (χ2n) is 5.47. The number of nitrogens with zero attached hydrogens (tertiary/aromatic N) is 2. The maximum Gasteiger partial charge on any atom is 0.139 e. The number of para-hydroxylation sites is 1. The summed E-state index contributed by atoms with van der Waals surface area (Å²) < 4.78 is 5.42. The highest BCUT2D eigenvalue weighted by molar-refractivity contribution is 7.18. The lowest BCUT2D eigenvalue weighted by atomic mass is 10.2. The number of ether oxygens (including phenoxy) is 1. The van der Waals surface area contributed by atoms with Crippen LogP contribution in [0, 0.1) is 13.8 Å². The molecule has 1 aromatic carbocycles. The van der Waals surface area contributed by atoms with Gasteiger partial charge in [-0.15, -0.1) is 11.3 Å². The first-order valence-corrected chi connectivity index (χ1v) is 8.58. The van der Waals surface area contributed by atoms with Gasteiger partial charge < -0.3 is 10.1 Å². The Morgan fingerprint density at radius 1 is 1.17 bits per heavy atom. The number of methoxy groups -OCH3 is 1. The van der Waals surface area contributed by atoms with Gasteiger partial charge >= 0.3 is 0 Å². The normalized spacial score (nSPS) is 11.0. The van der Waals surface area contributed by atoms with Crippen molar-refractivity contribution in [3.8, 4) is 5.75 Å². The molecule has 3 rings (SSSR count). The molecular formula is C18H21N3OS. The lowest BCUT2D eigenvalue weighted by Crippen LogP contribution is -2.06. The molecule has 0 aliphatic carbocycles. The summed E-state index contributed by atoms with van der Waals surface area (Å²) in [7, 11) is 1.70. The zero-order valence-electron chi connectivity index (χ0n) is 13.9. The zero-order valence-corrected chi connectivity index (χ0v) is 14.8. The van der Waals surface area contributed by atoms with E-state index < -0.39 is 0 Å². The van der Waals surface area contributed by atoms with Gasteiger partial charge in [-0.3, -0.25) is 0 Å². The van der Waals surface area contributed by atoms with E-state index in [1.54, 1.807) is 18.4 Å². The van der Waals surface area contributed by atoms with Crippen LogP contribution in [0.5, 0.6) is 5.75 Å². The third kappa shape index (κ3) is 3.01. The SMILES string of the molecule is CCc1nc(NCc2ccccc2OC)c2c(C)c(C)sc2n1. The minimum atomic E-state index is 0.674. The fraction of sp³-hybridized carbons (Fsp3) is 0.333. The van der Waals surface area contributed by atoms with Crippen molar-refractivity contribution in [2.75, 3.05) is 12.4 Å². The van der Waals surface area contributed by atoms with Gasteiger partial charge in [-0.2, -0.15) is 0 Å². The second kappa shape index (κ2) is 6.54. The van der Waals surface area contributed by atoms with E-state index in [4.69, 9.17) is 9.72 Å². The molecule has 0 aliphatic heterocycles. The third-order valence-electron chi connectivity index (χ3n) is 4.03. The molecule has 3 aromatic rings. The maximum absolute atomic E-state index is 5.42. The molecule has 2 aromatic heterocycles. The summed E-state index contributed by atoms with van der Waals surface area (Å²) in [4.78, 5) is 11.7. The molecule has 5 heteroatoms. The predicted molar refractivity (Wildman–Crippen MR) is 96.6 cm³/mol. The summed E-state index contributed by atoms with van der Waals surface area (Å²) in [6, 6.07) is 8.04. The van der Waals surface area contributed by atoms with E-state index in [2.05, 4.69) is 37.1 Å². The first-order chi connectivity index (χ1) is 11.1. The summed E-state index contributed by atoms with van der Waals surface area (Å²) in [6.45, 7) is 7.03. The van der Waals surface area contributed by atoms with Crippen LogP contribution in [0.15, 0.2) is 24.3 Å². The van der Waals surface area contributed by atoms with E-state index in [0.29, 0.717) is 6.54 Å². The van der Waals surface area contributed by atoms with Crippen LogP contribution in [0.4, 0.5) is 5.82 Å². The number of hydrogen-bond acceptors (Lipinski definition) is 5. The number of aromatic nitrogens is 2. The van der Waals surface area contributed by atoms with Crippen LogP contribution in [0.25, 0.3) is 10.2 Å². The molecule has 0 saturated heterocycles. The Morgan fingerprint density at radius 2 is 1.96 bits per heavy atom. The fourth-order valence-electron chi connectivity index (χ4n) is 2.61. The van der Waals surface area contributed by atoms with E-state index in [-0.39, 0.29) is 0 Å². The molecule has 2 heterocycles. The summed E-state index contributed by atoms with van der Waals surface area (Å²) in [5.41, 5.74) is 2.37. The Bertz CT molecular complexity index is 842. The average Bonchev–Trinajstić information content (AvgIpc) is 2.87. The van der Waals surface area contributed by atoms with Gasteiger partial charge in [-0.05, 0) is 25.5 Å². The van der Waals surface area contributed by atoms with E-state index in [1.807, 2.05) is 18.2 Å². The number of fused-ring (bicyclic) bond motifs is 1. The van der Waals surface area contributed by atoms with Gasteiger partial charge in [0, 0.05) is 23.4 Å². The van der Waals surface area contributed by atoms with Crippen LogP contribution < -0.4 is 10.1 Å². The molecule has 0 amide bonds. The van der Waals surface area contributed by atoms with E-state index in [0.717, 1.165) is 39.6 Å². The number of rotatable bonds is 5. The maximum atomic E-state index is 5.42. The van der Waals surface area contributed by atoms with Crippen LogP contribution in [-0.2, 0) is 13.0 Å². The van der Waals surface area contributed by atoms with Crippen LogP contribution in [0.3, 0.4) is 0 Å². The molecule has 0 atom stereocenters. The van der Waals surface area contributed by atoms with Crippen molar-refractivity contribution in [2.45, 2.75) is 33.7 Å². The van der Waals surface area contributed by atoms with Crippen molar-refractivity contribution in [1.29, 1.82) is 0 Å². The minimum Gasteiger partial charge on any atom is -0.496 e. The summed E-state index contributed by atoms with van der Waals surface area (Å²) in [5, 5.41) is 4.62. The quantitative estimate of drug-likeness (QED) is 0.750.